The second-order valence-corrected chi connectivity index (χ2v) is 4.90. The molecule has 1 aromatic rings. The summed E-state index contributed by atoms with van der Waals surface area (Å²) in [6, 6.07) is 10.6. The van der Waals surface area contributed by atoms with Crippen LogP contribution >= 0.6 is 0 Å². The van der Waals surface area contributed by atoms with Crippen LogP contribution in [0.1, 0.15) is 37.0 Å². The Kier molecular flexibility index (Phi) is 5.74. The highest BCUT2D eigenvalue weighted by molar-refractivity contribution is 6.04. The van der Waals surface area contributed by atoms with E-state index in [1.165, 1.54) is 0 Å². The molecule has 0 fully saturated rings. The van der Waals surface area contributed by atoms with Crippen LogP contribution in [0.2, 0.25) is 0 Å². The maximum atomic E-state index is 11.7. The van der Waals surface area contributed by atoms with Crippen molar-refractivity contribution < 1.29 is 9.59 Å². The molecule has 1 unspecified atom stereocenters. The molecule has 0 aliphatic rings. The summed E-state index contributed by atoms with van der Waals surface area (Å²) in [4.78, 5) is 23.4. The van der Waals surface area contributed by atoms with Crippen LogP contribution in [0.4, 0.5) is 0 Å². The zero-order chi connectivity index (χ0) is 14.3. The normalized spacial score (nSPS) is 11.7. The Morgan fingerprint density at radius 1 is 1.26 bits per heavy atom. The van der Waals surface area contributed by atoms with Gasteiger partial charge in [0.2, 0.25) is 5.91 Å². The van der Waals surface area contributed by atoms with Gasteiger partial charge < -0.3 is 0 Å². The molecule has 1 atom stereocenters. The van der Waals surface area contributed by atoms with E-state index in [1.807, 2.05) is 13.8 Å². The van der Waals surface area contributed by atoms with E-state index in [9.17, 15) is 9.59 Å². The van der Waals surface area contributed by atoms with Gasteiger partial charge in [-0.25, -0.2) is 0 Å². The minimum absolute atomic E-state index is 0.0628. The van der Waals surface area contributed by atoms with Crippen molar-refractivity contribution in [3.8, 4) is 6.07 Å². The zero-order valence-corrected chi connectivity index (χ0v) is 11.2. The molecule has 1 N–H and O–H groups in total. The first-order valence-corrected chi connectivity index (χ1v) is 6.31. The van der Waals surface area contributed by atoms with Crippen LogP contribution < -0.4 is 5.32 Å². The van der Waals surface area contributed by atoms with E-state index in [1.54, 1.807) is 30.3 Å². The molecule has 100 valence electrons. The van der Waals surface area contributed by atoms with Crippen LogP contribution in [0.3, 0.4) is 0 Å². The van der Waals surface area contributed by atoms with Gasteiger partial charge in [0.15, 0.2) is 0 Å². The first-order chi connectivity index (χ1) is 9.02. The highest BCUT2D eigenvalue weighted by atomic mass is 16.2. The molecular weight excluding hydrogens is 240 g/mol. The number of hydrogen-bond acceptors (Lipinski definition) is 3. The Morgan fingerprint density at radius 2 is 1.89 bits per heavy atom. The van der Waals surface area contributed by atoms with Crippen molar-refractivity contribution in [1.82, 2.24) is 5.32 Å². The second kappa shape index (κ2) is 7.32. The van der Waals surface area contributed by atoms with Gasteiger partial charge in [0.05, 0.1) is 12.0 Å². The fourth-order valence-electron chi connectivity index (χ4n) is 1.81. The van der Waals surface area contributed by atoms with Gasteiger partial charge in [0.25, 0.3) is 5.91 Å². The Balaban J connectivity index is 2.52. The summed E-state index contributed by atoms with van der Waals surface area (Å²) in [5.41, 5.74) is 0.438. The first-order valence-electron chi connectivity index (χ1n) is 6.31. The summed E-state index contributed by atoms with van der Waals surface area (Å²) in [6.07, 6.45) is 0.719. The zero-order valence-electron chi connectivity index (χ0n) is 11.2. The molecule has 0 heterocycles. The van der Waals surface area contributed by atoms with E-state index in [2.05, 4.69) is 11.4 Å². The molecular formula is C15H18N2O2. The molecule has 0 spiro atoms. The molecule has 0 aliphatic heterocycles. The molecule has 0 bridgehead atoms. The van der Waals surface area contributed by atoms with Gasteiger partial charge in [-0.05, 0) is 24.5 Å². The lowest BCUT2D eigenvalue weighted by atomic mass is 9.95. The van der Waals surface area contributed by atoms with Crippen molar-refractivity contribution >= 4 is 11.8 Å². The molecule has 1 aromatic carbocycles. The standard InChI is InChI=1S/C15H18N2O2/c1-11(2)8-12(10-16)9-14(18)17-15(19)13-6-4-3-5-7-13/h3-7,11-12H,8-9H2,1-2H3,(H,17,18,19). The number of carbonyl (C=O) groups is 2. The van der Waals surface area contributed by atoms with Gasteiger partial charge in [0, 0.05) is 12.0 Å². The van der Waals surface area contributed by atoms with Gasteiger partial charge in [-0.2, -0.15) is 5.26 Å². The third kappa shape index (κ3) is 5.35. The number of nitriles is 1. The molecule has 0 saturated heterocycles. The third-order valence-electron chi connectivity index (χ3n) is 2.66. The van der Waals surface area contributed by atoms with Crippen molar-refractivity contribution in [2.45, 2.75) is 26.7 Å². The molecule has 4 nitrogen and oxygen atoms in total. The van der Waals surface area contributed by atoms with Crippen molar-refractivity contribution in [2.75, 3.05) is 0 Å². The summed E-state index contributed by atoms with van der Waals surface area (Å²) in [6.45, 7) is 3.99. The Morgan fingerprint density at radius 3 is 2.42 bits per heavy atom. The predicted octanol–water partition coefficient (Wildman–Crippen LogP) is 2.52. The minimum atomic E-state index is -0.424. The lowest BCUT2D eigenvalue weighted by Gasteiger charge is -2.11. The average Bonchev–Trinajstić information content (AvgIpc) is 2.38. The van der Waals surface area contributed by atoms with E-state index in [0.717, 1.165) is 0 Å². The summed E-state index contributed by atoms with van der Waals surface area (Å²) in [5.74, 6) is -0.821. The fourth-order valence-corrected chi connectivity index (χ4v) is 1.81. The van der Waals surface area contributed by atoms with E-state index in [-0.39, 0.29) is 12.3 Å². The lowest BCUT2D eigenvalue weighted by molar-refractivity contribution is -0.120. The molecule has 0 aliphatic carbocycles. The van der Waals surface area contributed by atoms with Crippen molar-refractivity contribution in [3.05, 3.63) is 35.9 Å². The maximum absolute atomic E-state index is 11.7. The quantitative estimate of drug-likeness (QED) is 0.882. The Bertz CT molecular complexity index is 475. The smallest absolute Gasteiger partial charge is 0.257 e. The Hall–Kier alpha value is -2.15. The third-order valence-corrected chi connectivity index (χ3v) is 2.66. The number of nitrogens with one attached hydrogen (secondary N) is 1. The first kappa shape index (κ1) is 14.9. The molecule has 0 aromatic heterocycles. The fraction of sp³-hybridized carbons (Fsp3) is 0.400. The molecule has 4 heteroatoms. The molecule has 0 radical (unpaired) electrons. The number of benzene rings is 1. The number of amides is 2. The van der Waals surface area contributed by atoms with E-state index >= 15 is 0 Å². The van der Waals surface area contributed by atoms with Crippen LogP contribution in [0.25, 0.3) is 0 Å². The second-order valence-electron chi connectivity index (χ2n) is 4.90. The molecule has 1 rings (SSSR count). The van der Waals surface area contributed by atoms with Crippen molar-refractivity contribution in [3.63, 3.8) is 0 Å². The summed E-state index contributed by atoms with van der Waals surface area (Å²) < 4.78 is 0. The van der Waals surface area contributed by atoms with Crippen LogP contribution in [-0.4, -0.2) is 11.8 Å². The minimum Gasteiger partial charge on any atom is -0.292 e. The van der Waals surface area contributed by atoms with Crippen molar-refractivity contribution in [1.29, 1.82) is 5.26 Å². The highest BCUT2D eigenvalue weighted by Crippen LogP contribution is 2.14. The molecule has 19 heavy (non-hydrogen) atoms. The van der Waals surface area contributed by atoms with Crippen LogP contribution in [0.5, 0.6) is 0 Å². The monoisotopic (exact) mass is 258 g/mol. The summed E-state index contributed by atoms with van der Waals surface area (Å²) >= 11 is 0. The van der Waals surface area contributed by atoms with Gasteiger partial charge in [-0.1, -0.05) is 32.0 Å². The Labute approximate surface area is 113 Å². The number of nitrogens with zero attached hydrogens (tertiary/aromatic N) is 1. The SMILES string of the molecule is CC(C)CC(C#N)CC(=O)NC(=O)c1ccccc1. The number of hydrogen-bond donors (Lipinski definition) is 1. The summed E-state index contributed by atoms with van der Waals surface area (Å²) in [5, 5.41) is 11.3. The van der Waals surface area contributed by atoms with Gasteiger partial charge in [-0.15, -0.1) is 0 Å². The van der Waals surface area contributed by atoms with E-state index in [4.69, 9.17) is 5.26 Å². The van der Waals surface area contributed by atoms with E-state index < -0.39 is 11.8 Å². The maximum Gasteiger partial charge on any atom is 0.257 e. The van der Waals surface area contributed by atoms with Gasteiger partial charge in [-0.3, -0.25) is 14.9 Å². The lowest BCUT2D eigenvalue weighted by Crippen LogP contribution is -2.31. The highest BCUT2D eigenvalue weighted by Gasteiger charge is 2.17. The van der Waals surface area contributed by atoms with Crippen LogP contribution in [-0.2, 0) is 4.79 Å². The predicted molar refractivity (Wildman–Crippen MR) is 72.1 cm³/mol. The van der Waals surface area contributed by atoms with Crippen LogP contribution in [0, 0.1) is 23.2 Å². The van der Waals surface area contributed by atoms with Crippen molar-refractivity contribution in [2.24, 2.45) is 11.8 Å². The molecule has 0 saturated carbocycles. The number of imide groups is 1. The largest absolute Gasteiger partial charge is 0.292 e. The van der Waals surface area contributed by atoms with E-state index in [0.29, 0.717) is 17.9 Å². The number of rotatable bonds is 5. The summed E-state index contributed by atoms with van der Waals surface area (Å²) in [7, 11) is 0. The topological polar surface area (TPSA) is 70.0 Å². The van der Waals surface area contributed by atoms with Gasteiger partial charge >= 0.3 is 0 Å². The van der Waals surface area contributed by atoms with Crippen LogP contribution in [0.15, 0.2) is 30.3 Å². The molecule has 2 amide bonds. The van der Waals surface area contributed by atoms with Gasteiger partial charge in [0.1, 0.15) is 0 Å². The number of carbonyl (C=O) groups excluding carboxylic acids is 2. The average molecular weight is 258 g/mol.